The SMILES string of the molecule is CC(C)(C)c1csc(CC(O)c2ccncc2F)n1. The standard InChI is InChI=1S/C14H17FN2OS/c1-14(2,3)12-8-19-13(17-12)6-11(18)9-4-5-16-7-10(9)15/h4-5,7-8,11,18H,6H2,1-3H3. The van der Waals surface area contributed by atoms with Crippen molar-refractivity contribution in [3.8, 4) is 0 Å². The summed E-state index contributed by atoms with van der Waals surface area (Å²) >= 11 is 1.50. The van der Waals surface area contributed by atoms with Crippen molar-refractivity contribution in [3.63, 3.8) is 0 Å². The summed E-state index contributed by atoms with van der Waals surface area (Å²) in [5, 5.41) is 12.9. The number of thiazole rings is 1. The highest BCUT2D eigenvalue weighted by Crippen LogP contribution is 2.27. The van der Waals surface area contributed by atoms with Crippen molar-refractivity contribution in [1.29, 1.82) is 0 Å². The maximum Gasteiger partial charge on any atom is 0.147 e. The molecular formula is C14H17FN2OS. The molecule has 0 saturated carbocycles. The molecule has 1 N–H and O–H groups in total. The molecule has 0 aromatic carbocycles. The van der Waals surface area contributed by atoms with Gasteiger partial charge >= 0.3 is 0 Å². The third kappa shape index (κ3) is 3.36. The fourth-order valence-corrected chi connectivity index (χ4v) is 2.74. The average molecular weight is 280 g/mol. The van der Waals surface area contributed by atoms with Gasteiger partial charge in [-0.2, -0.15) is 0 Å². The lowest BCUT2D eigenvalue weighted by atomic mass is 9.93. The minimum Gasteiger partial charge on any atom is -0.388 e. The lowest BCUT2D eigenvalue weighted by Gasteiger charge is -2.14. The van der Waals surface area contributed by atoms with Gasteiger partial charge in [-0.3, -0.25) is 4.98 Å². The van der Waals surface area contributed by atoms with Crippen LogP contribution in [0.5, 0.6) is 0 Å². The normalized spacial score (nSPS) is 13.5. The zero-order valence-corrected chi connectivity index (χ0v) is 12.0. The van der Waals surface area contributed by atoms with E-state index in [4.69, 9.17) is 0 Å². The lowest BCUT2D eigenvalue weighted by Crippen LogP contribution is -2.12. The van der Waals surface area contributed by atoms with E-state index in [1.54, 1.807) is 0 Å². The first-order valence-electron chi connectivity index (χ1n) is 6.10. The number of nitrogens with zero attached hydrogens (tertiary/aromatic N) is 2. The van der Waals surface area contributed by atoms with E-state index in [2.05, 4.69) is 30.7 Å². The predicted octanol–water partition coefficient (Wildman–Crippen LogP) is 3.25. The Labute approximate surface area is 116 Å². The molecule has 5 heteroatoms. The molecule has 102 valence electrons. The number of pyridine rings is 1. The number of halogens is 1. The van der Waals surface area contributed by atoms with Crippen LogP contribution in [0.3, 0.4) is 0 Å². The summed E-state index contributed by atoms with van der Waals surface area (Å²) in [6.07, 6.45) is 2.02. The Balaban J connectivity index is 2.14. The molecule has 19 heavy (non-hydrogen) atoms. The van der Waals surface area contributed by atoms with Crippen molar-refractivity contribution in [3.05, 3.63) is 45.9 Å². The summed E-state index contributed by atoms with van der Waals surface area (Å²) in [5.74, 6) is -0.484. The Hall–Kier alpha value is -1.33. The van der Waals surface area contributed by atoms with E-state index in [0.717, 1.165) is 16.9 Å². The molecule has 1 atom stereocenters. The van der Waals surface area contributed by atoms with E-state index in [1.165, 1.54) is 23.6 Å². The number of hydrogen-bond acceptors (Lipinski definition) is 4. The molecule has 2 rings (SSSR count). The lowest BCUT2D eigenvalue weighted by molar-refractivity contribution is 0.173. The van der Waals surface area contributed by atoms with Gasteiger partial charge in [-0.1, -0.05) is 20.8 Å². The van der Waals surface area contributed by atoms with Crippen molar-refractivity contribution >= 4 is 11.3 Å². The molecule has 0 radical (unpaired) electrons. The summed E-state index contributed by atoms with van der Waals surface area (Å²) < 4.78 is 13.5. The third-order valence-corrected chi connectivity index (χ3v) is 3.72. The zero-order valence-electron chi connectivity index (χ0n) is 11.2. The van der Waals surface area contributed by atoms with Crippen LogP contribution in [0.2, 0.25) is 0 Å². The van der Waals surface area contributed by atoms with Gasteiger partial charge in [-0.15, -0.1) is 11.3 Å². The number of hydrogen-bond donors (Lipinski definition) is 1. The Morgan fingerprint density at radius 3 is 2.74 bits per heavy atom. The highest BCUT2D eigenvalue weighted by Gasteiger charge is 2.20. The number of aromatic nitrogens is 2. The van der Waals surface area contributed by atoms with E-state index in [1.807, 2.05) is 5.38 Å². The van der Waals surface area contributed by atoms with Crippen molar-refractivity contribution in [2.45, 2.75) is 38.7 Å². The van der Waals surface area contributed by atoms with Gasteiger partial charge in [0.25, 0.3) is 0 Å². The average Bonchev–Trinajstić information content (AvgIpc) is 2.77. The molecule has 0 bridgehead atoms. The monoisotopic (exact) mass is 280 g/mol. The molecule has 2 aromatic heterocycles. The van der Waals surface area contributed by atoms with E-state index in [0.29, 0.717) is 6.42 Å². The first-order chi connectivity index (χ1) is 8.88. The molecule has 0 saturated heterocycles. The maximum atomic E-state index is 13.5. The smallest absolute Gasteiger partial charge is 0.147 e. The molecular weight excluding hydrogens is 263 g/mol. The van der Waals surface area contributed by atoms with E-state index in [9.17, 15) is 9.50 Å². The molecule has 0 spiro atoms. The molecule has 3 nitrogen and oxygen atoms in total. The molecule has 0 aliphatic carbocycles. The van der Waals surface area contributed by atoms with E-state index in [-0.39, 0.29) is 11.0 Å². The quantitative estimate of drug-likeness (QED) is 0.938. The first kappa shape index (κ1) is 14.1. The summed E-state index contributed by atoms with van der Waals surface area (Å²) in [6.45, 7) is 6.26. The predicted molar refractivity (Wildman–Crippen MR) is 73.7 cm³/mol. The summed E-state index contributed by atoms with van der Waals surface area (Å²) in [7, 11) is 0. The van der Waals surface area contributed by atoms with Crippen molar-refractivity contribution in [1.82, 2.24) is 9.97 Å². The minimum atomic E-state index is -0.887. The van der Waals surface area contributed by atoms with Crippen LogP contribution in [0.1, 0.15) is 43.1 Å². The fourth-order valence-electron chi connectivity index (χ4n) is 1.68. The Bertz CT molecular complexity index is 563. The van der Waals surface area contributed by atoms with Gasteiger partial charge in [0, 0.05) is 29.0 Å². The van der Waals surface area contributed by atoms with Gasteiger partial charge in [-0.05, 0) is 6.07 Å². The number of aliphatic hydroxyl groups is 1. The molecule has 0 fully saturated rings. The second-order valence-corrected chi connectivity index (χ2v) is 6.44. The molecule has 2 aromatic rings. The zero-order chi connectivity index (χ0) is 14.0. The van der Waals surface area contributed by atoms with Gasteiger partial charge in [0.2, 0.25) is 0 Å². The highest BCUT2D eigenvalue weighted by molar-refractivity contribution is 7.09. The maximum absolute atomic E-state index is 13.5. The van der Waals surface area contributed by atoms with Gasteiger partial charge in [0.05, 0.1) is 23.0 Å². The molecule has 1 unspecified atom stereocenters. The van der Waals surface area contributed by atoms with Crippen molar-refractivity contribution in [2.75, 3.05) is 0 Å². The molecule has 0 aliphatic heterocycles. The van der Waals surface area contributed by atoms with Gasteiger partial charge in [0.15, 0.2) is 0 Å². The van der Waals surface area contributed by atoms with Crippen molar-refractivity contribution in [2.24, 2.45) is 0 Å². The van der Waals surface area contributed by atoms with Crippen LogP contribution in [0.25, 0.3) is 0 Å². The van der Waals surface area contributed by atoms with Crippen LogP contribution in [-0.4, -0.2) is 15.1 Å². The summed E-state index contributed by atoms with van der Waals surface area (Å²) in [6, 6.07) is 1.50. The van der Waals surface area contributed by atoms with Crippen LogP contribution in [0.15, 0.2) is 23.8 Å². The van der Waals surface area contributed by atoms with Crippen LogP contribution in [0.4, 0.5) is 4.39 Å². The second kappa shape index (κ2) is 5.35. The Kier molecular flexibility index (Phi) is 3.96. The van der Waals surface area contributed by atoms with Gasteiger partial charge < -0.3 is 5.11 Å². The number of aliphatic hydroxyl groups excluding tert-OH is 1. The molecule has 0 amide bonds. The highest BCUT2D eigenvalue weighted by atomic mass is 32.1. The van der Waals surface area contributed by atoms with E-state index >= 15 is 0 Å². The Morgan fingerprint density at radius 1 is 1.42 bits per heavy atom. The summed E-state index contributed by atoms with van der Waals surface area (Å²) in [4.78, 5) is 8.17. The topological polar surface area (TPSA) is 46.0 Å². The largest absolute Gasteiger partial charge is 0.388 e. The fraction of sp³-hybridized carbons (Fsp3) is 0.429. The minimum absolute atomic E-state index is 0.0123. The van der Waals surface area contributed by atoms with Crippen molar-refractivity contribution < 1.29 is 9.50 Å². The number of rotatable bonds is 3. The Morgan fingerprint density at radius 2 is 2.16 bits per heavy atom. The van der Waals surface area contributed by atoms with E-state index < -0.39 is 11.9 Å². The van der Waals surface area contributed by atoms with Gasteiger partial charge in [0.1, 0.15) is 5.82 Å². The molecule has 0 aliphatic rings. The van der Waals surface area contributed by atoms with Crippen LogP contribution >= 0.6 is 11.3 Å². The van der Waals surface area contributed by atoms with Crippen LogP contribution in [-0.2, 0) is 11.8 Å². The first-order valence-corrected chi connectivity index (χ1v) is 6.98. The van der Waals surface area contributed by atoms with Crippen LogP contribution < -0.4 is 0 Å². The van der Waals surface area contributed by atoms with Gasteiger partial charge in [-0.25, -0.2) is 9.37 Å². The third-order valence-electron chi connectivity index (χ3n) is 2.85. The second-order valence-electron chi connectivity index (χ2n) is 5.49. The summed E-state index contributed by atoms with van der Waals surface area (Å²) in [5.41, 5.74) is 1.25. The molecule has 2 heterocycles. The van der Waals surface area contributed by atoms with Crippen LogP contribution in [0, 0.1) is 5.82 Å².